The van der Waals surface area contributed by atoms with Gasteiger partial charge < -0.3 is 15.8 Å². The minimum absolute atomic E-state index is 0. The van der Waals surface area contributed by atoms with Crippen LogP contribution in [0.5, 0.6) is 0 Å². The van der Waals surface area contributed by atoms with Crippen molar-refractivity contribution in [3.63, 3.8) is 0 Å². The highest BCUT2D eigenvalue weighted by Gasteiger charge is 2.24. The summed E-state index contributed by atoms with van der Waals surface area (Å²) in [5.74, 6) is 1.86. The van der Waals surface area contributed by atoms with Gasteiger partial charge in [-0.05, 0) is 38.0 Å². The fraction of sp³-hybridized carbons (Fsp3) is 0.933. The summed E-state index contributed by atoms with van der Waals surface area (Å²) in [7, 11) is 0. The summed E-state index contributed by atoms with van der Waals surface area (Å²) in [5, 5.41) is 3.20. The fourth-order valence-electron chi connectivity index (χ4n) is 2.68. The number of rotatable bonds is 8. The van der Waals surface area contributed by atoms with Gasteiger partial charge in [-0.25, -0.2) is 0 Å². The van der Waals surface area contributed by atoms with E-state index in [1.807, 2.05) is 0 Å². The molecule has 0 amide bonds. The number of ether oxygens (including phenoxy) is 1. The predicted octanol–water partition coefficient (Wildman–Crippen LogP) is 3.15. The van der Waals surface area contributed by atoms with Crippen molar-refractivity contribution in [3.05, 3.63) is 0 Å². The Kier molecular flexibility index (Phi) is 11.6. The molecule has 0 aromatic heterocycles. The first-order valence-electron chi connectivity index (χ1n) is 7.78. The van der Waals surface area contributed by atoms with E-state index < -0.39 is 0 Å². The first-order chi connectivity index (χ1) is 9.13. The van der Waals surface area contributed by atoms with Gasteiger partial charge in [-0.15, -0.1) is 24.0 Å². The monoisotopic (exact) mass is 397 g/mol. The van der Waals surface area contributed by atoms with Crippen molar-refractivity contribution in [3.8, 4) is 0 Å². The minimum Gasteiger partial charge on any atom is -0.378 e. The van der Waals surface area contributed by atoms with E-state index in [0.29, 0.717) is 18.0 Å². The van der Waals surface area contributed by atoms with Gasteiger partial charge in [-0.2, -0.15) is 0 Å². The average Bonchev–Trinajstić information content (AvgIpc) is 2.89. The predicted molar refractivity (Wildman–Crippen MR) is 96.7 cm³/mol. The summed E-state index contributed by atoms with van der Waals surface area (Å²) in [6, 6.07) is 0. The van der Waals surface area contributed by atoms with Crippen molar-refractivity contribution in [1.29, 1.82) is 0 Å². The van der Waals surface area contributed by atoms with E-state index >= 15 is 0 Å². The minimum atomic E-state index is 0. The molecule has 1 rings (SSSR count). The van der Waals surface area contributed by atoms with Crippen LogP contribution >= 0.6 is 24.0 Å². The molecule has 1 saturated carbocycles. The molecule has 0 aromatic carbocycles. The number of halogens is 1. The Labute approximate surface area is 141 Å². The zero-order valence-corrected chi connectivity index (χ0v) is 15.6. The molecule has 1 fully saturated rings. The van der Waals surface area contributed by atoms with Crippen LogP contribution < -0.4 is 11.1 Å². The van der Waals surface area contributed by atoms with E-state index in [0.717, 1.165) is 32.0 Å². The van der Waals surface area contributed by atoms with Crippen molar-refractivity contribution >= 4 is 29.9 Å². The maximum atomic E-state index is 5.89. The number of hydrogen-bond donors (Lipinski definition) is 2. The van der Waals surface area contributed by atoms with Gasteiger partial charge in [0, 0.05) is 19.7 Å². The molecule has 1 atom stereocenters. The van der Waals surface area contributed by atoms with E-state index in [9.17, 15) is 0 Å². The normalized spacial score (nSPS) is 18.1. The number of nitrogens with one attached hydrogen (secondary N) is 1. The van der Waals surface area contributed by atoms with Crippen LogP contribution in [0.25, 0.3) is 0 Å². The Morgan fingerprint density at radius 3 is 2.55 bits per heavy atom. The molecule has 20 heavy (non-hydrogen) atoms. The van der Waals surface area contributed by atoms with Gasteiger partial charge in [0.15, 0.2) is 5.96 Å². The van der Waals surface area contributed by atoms with E-state index in [-0.39, 0.29) is 24.0 Å². The smallest absolute Gasteiger partial charge is 0.188 e. The van der Waals surface area contributed by atoms with Gasteiger partial charge in [0.25, 0.3) is 0 Å². The summed E-state index contributed by atoms with van der Waals surface area (Å²) in [4.78, 5) is 4.31. The summed E-state index contributed by atoms with van der Waals surface area (Å²) < 4.78 is 5.89. The summed E-state index contributed by atoms with van der Waals surface area (Å²) >= 11 is 0. The van der Waals surface area contributed by atoms with E-state index in [2.05, 4.69) is 31.1 Å². The highest BCUT2D eigenvalue weighted by Crippen LogP contribution is 2.30. The molecule has 0 aromatic rings. The zero-order chi connectivity index (χ0) is 14.1. The maximum Gasteiger partial charge on any atom is 0.188 e. The molecule has 0 heterocycles. The third-order valence-corrected chi connectivity index (χ3v) is 3.67. The van der Waals surface area contributed by atoms with Crippen molar-refractivity contribution in [2.24, 2.45) is 22.6 Å². The molecule has 1 unspecified atom stereocenters. The average molecular weight is 397 g/mol. The standard InChI is InChI=1S/C15H31N3O.HI/c1-4-19-14(13-7-5-6-8-13)9-10-17-15(16)18-11-12(2)3;/h12-14H,4-11H2,1-3H3,(H3,16,17,18);1H. The molecule has 0 spiro atoms. The molecule has 1 aliphatic carbocycles. The van der Waals surface area contributed by atoms with Crippen LogP contribution in [0.4, 0.5) is 0 Å². The van der Waals surface area contributed by atoms with E-state index in [1.54, 1.807) is 0 Å². The molecular weight excluding hydrogens is 365 g/mol. The van der Waals surface area contributed by atoms with Gasteiger partial charge in [0.2, 0.25) is 0 Å². The van der Waals surface area contributed by atoms with Gasteiger partial charge >= 0.3 is 0 Å². The van der Waals surface area contributed by atoms with Crippen LogP contribution in [0.2, 0.25) is 0 Å². The Hall–Kier alpha value is -0.0400. The summed E-state index contributed by atoms with van der Waals surface area (Å²) in [6.45, 7) is 8.81. The number of hydrogen-bond acceptors (Lipinski definition) is 2. The third-order valence-electron chi connectivity index (χ3n) is 3.67. The quantitative estimate of drug-likeness (QED) is 0.376. The van der Waals surface area contributed by atoms with Crippen molar-refractivity contribution in [1.82, 2.24) is 5.32 Å². The highest BCUT2D eigenvalue weighted by molar-refractivity contribution is 14.0. The summed E-state index contributed by atoms with van der Waals surface area (Å²) in [6.07, 6.45) is 6.77. The molecule has 0 radical (unpaired) electrons. The SMILES string of the molecule is CCOC(CCNC(N)=NCC(C)C)C1CCCC1.I. The fourth-order valence-corrected chi connectivity index (χ4v) is 2.68. The summed E-state index contributed by atoms with van der Waals surface area (Å²) in [5.41, 5.74) is 5.83. The third kappa shape index (κ3) is 8.29. The lowest BCUT2D eigenvalue weighted by atomic mass is 9.98. The number of nitrogens with zero attached hydrogens (tertiary/aromatic N) is 1. The Morgan fingerprint density at radius 2 is 2.00 bits per heavy atom. The van der Waals surface area contributed by atoms with Gasteiger partial charge in [0.1, 0.15) is 0 Å². The number of aliphatic imine (C=N–C) groups is 1. The first-order valence-corrected chi connectivity index (χ1v) is 7.78. The number of nitrogens with two attached hydrogens (primary N) is 1. The molecule has 0 aliphatic heterocycles. The topological polar surface area (TPSA) is 59.6 Å². The lowest BCUT2D eigenvalue weighted by Gasteiger charge is -2.23. The van der Waals surface area contributed by atoms with Crippen LogP contribution in [0.1, 0.15) is 52.9 Å². The van der Waals surface area contributed by atoms with E-state index in [1.165, 1.54) is 25.7 Å². The molecule has 1 aliphatic rings. The van der Waals surface area contributed by atoms with Gasteiger partial charge in [0.05, 0.1) is 6.10 Å². The zero-order valence-electron chi connectivity index (χ0n) is 13.2. The molecular formula is C15H32IN3O. The van der Waals surface area contributed by atoms with Crippen LogP contribution in [0.3, 0.4) is 0 Å². The van der Waals surface area contributed by atoms with Gasteiger partial charge in [-0.3, -0.25) is 4.99 Å². The van der Waals surface area contributed by atoms with Crippen molar-refractivity contribution < 1.29 is 4.74 Å². The largest absolute Gasteiger partial charge is 0.378 e. The van der Waals surface area contributed by atoms with E-state index in [4.69, 9.17) is 10.5 Å². The Bertz CT molecular complexity index is 266. The highest BCUT2D eigenvalue weighted by atomic mass is 127. The second-order valence-corrected chi connectivity index (χ2v) is 5.87. The second-order valence-electron chi connectivity index (χ2n) is 5.87. The lowest BCUT2D eigenvalue weighted by Crippen LogP contribution is -2.35. The molecule has 4 nitrogen and oxygen atoms in total. The van der Waals surface area contributed by atoms with Crippen LogP contribution in [-0.2, 0) is 4.74 Å². The molecule has 0 saturated heterocycles. The molecule has 5 heteroatoms. The first kappa shape index (κ1) is 20.0. The van der Waals surface area contributed by atoms with Crippen LogP contribution in [0.15, 0.2) is 4.99 Å². The van der Waals surface area contributed by atoms with Crippen LogP contribution in [-0.4, -0.2) is 31.8 Å². The van der Waals surface area contributed by atoms with Gasteiger partial charge in [-0.1, -0.05) is 26.7 Å². The van der Waals surface area contributed by atoms with Crippen LogP contribution in [0, 0.1) is 11.8 Å². The molecule has 120 valence electrons. The molecule has 0 bridgehead atoms. The maximum absolute atomic E-state index is 5.89. The molecule has 3 N–H and O–H groups in total. The second kappa shape index (κ2) is 11.6. The Balaban J connectivity index is 0.00000361. The number of guanidine groups is 1. The van der Waals surface area contributed by atoms with Crippen molar-refractivity contribution in [2.75, 3.05) is 19.7 Å². The van der Waals surface area contributed by atoms with Crippen molar-refractivity contribution in [2.45, 2.75) is 59.0 Å². The lowest BCUT2D eigenvalue weighted by molar-refractivity contribution is 0.0170. The Morgan fingerprint density at radius 1 is 1.35 bits per heavy atom.